The van der Waals surface area contributed by atoms with Crippen molar-refractivity contribution >= 4 is 11.9 Å². The molecule has 172 valence electrons. The van der Waals surface area contributed by atoms with Crippen molar-refractivity contribution in [2.24, 2.45) is 5.73 Å². The number of rotatable bonds is 10. The second kappa shape index (κ2) is 12.1. The highest BCUT2D eigenvalue weighted by Crippen LogP contribution is 2.15. The first-order chi connectivity index (χ1) is 15.5. The van der Waals surface area contributed by atoms with Crippen LogP contribution >= 0.6 is 0 Å². The van der Waals surface area contributed by atoms with Crippen LogP contribution in [-0.2, 0) is 17.8 Å². The van der Waals surface area contributed by atoms with E-state index in [2.05, 4.69) is 22.6 Å². The molecule has 3 rings (SSSR count). The Hall–Kier alpha value is -3.10. The molecule has 8 heteroatoms. The lowest BCUT2D eigenvalue weighted by Crippen LogP contribution is -2.38. The van der Waals surface area contributed by atoms with E-state index in [4.69, 9.17) is 15.2 Å². The van der Waals surface area contributed by atoms with Gasteiger partial charge in [0.2, 0.25) is 0 Å². The number of hydrogen-bond acceptors (Lipinski definition) is 5. The lowest BCUT2D eigenvalue weighted by molar-refractivity contribution is 0.0392. The number of hydrogen-bond donors (Lipinski definition) is 3. The monoisotopic (exact) mass is 440 g/mol. The van der Waals surface area contributed by atoms with Crippen molar-refractivity contribution in [2.45, 2.75) is 32.0 Å². The van der Waals surface area contributed by atoms with Crippen molar-refractivity contribution in [2.75, 3.05) is 33.4 Å². The van der Waals surface area contributed by atoms with Crippen molar-refractivity contribution in [1.82, 2.24) is 15.5 Å². The highest BCUT2D eigenvalue weighted by molar-refractivity contribution is 5.94. The molecule has 0 aliphatic carbocycles. The Morgan fingerprint density at radius 2 is 1.78 bits per heavy atom. The van der Waals surface area contributed by atoms with E-state index in [1.54, 1.807) is 24.3 Å². The molecule has 1 fully saturated rings. The molecule has 1 saturated heterocycles. The van der Waals surface area contributed by atoms with Gasteiger partial charge in [0.15, 0.2) is 0 Å². The Kier molecular flexibility index (Phi) is 8.89. The Labute approximate surface area is 189 Å². The molecule has 32 heavy (non-hydrogen) atoms. The molecule has 0 radical (unpaired) electrons. The van der Waals surface area contributed by atoms with E-state index in [1.165, 1.54) is 0 Å². The zero-order chi connectivity index (χ0) is 22.8. The first-order valence-electron chi connectivity index (χ1n) is 10.9. The number of nitrogens with two attached hydrogens (primary N) is 1. The number of carbonyl (C=O) groups is 2. The fourth-order valence-electron chi connectivity index (χ4n) is 3.61. The summed E-state index contributed by atoms with van der Waals surface area (Å²) in [4.78, 5) is 25.5. The maximum atomic E-state index is 12.4. The Morgan fingerprint density at radius 1 is 1.06 bits per heavy atom. The van der Waals surface area contributed by atoms with Crippen molar-refractivity contribution in [3.8, 4) is 5.75 Å². The van der Waals surface area contributed by atoms with Crippen LogP contribution in [0, 0.1) is 0 Å². The van der Waals surface area contributed by atoms with Gasteiger partial charge in [-0.2, -0.15) is 0 Å². The third-order valence-corrected chi connectivity index (χ3v) is 5.56. The van der Waals surface area contributed by atoms with Crippen molar-refractivity contribution in [3.05, 3.63) is 65.2 Å². The predicted octanol–water partition coefficient (Wildman–Crippen LogP) is 2.27. The van der Waals surface area contributed by atoms with Gasteiger partial charge in [0, 0.05) is 44.5 Å². The highest BCUT2D eigenvalue weighted by atomic mass is 16.5. The predicted molar refractivity (Wildman–Crippen MR) is 122 cm³/mol. The van der Waals surface area contributed by atoms with E-state index in [9.17, 15) is 9.59 Å². The molecule has 2 aromatic carbocycles. The maximum absolute atomic E-state index is 12.4. The fourth-order valence-corrected chi connectivity index (χ4v) is 3.61. The zero-order valence-corrected chi connectivity index (χ0v) is 18.5. The molecule has 4 N–H and O–H groups in total. The largest absolute Gasteiger partial charge is 0.492 e. The molecule has 0 spiro atoms. The van der Waals surface area contributed by atoms with Gasteiger partial charge in [-0.3, -0.25) is 9.69 Å². The minimum Gasteiger partial charge on any atom is -0.492 e. The summed E-state index contributed by atoms with van der Waals surface area (Å²) in [5, 5.41) is 5.44. The van der Waals surface area contributed by atoms with E-state index in [-0.39, 0.29) is 5.91 Å². The summed E-state index contributed by atoms with van der Waals surface area (Å²) >= 11 is 0. The average Bonchev–Trinajstić information content (AvgIpc) is 2.82. The van der Waals surface area contributed by atoms with Gasteiger partial charge in [-0.15, -0.1) is 0 Å². The van der Waals surface area contributed by atoms with Crippen molar-refractivity contribution in [3.63, 3.8) is 0 Å². The van der Waals surface area contributed by atoms with E-state index < -0.39 is 6.03 Å². The molecule has 1 aliphatic rings. The van der Waals surface area contributed by atoms with E-state index >= 15 is 0 Å². The lowest BCUT2D eigenvalue weighted by Gasteiger charge is -2.31. The number of ether oxygens (including phenoxy) is 2. The van der Waals surface area contributed by atoms with Gasteiger partial charge in [0.05, 0.1) is 0 Å². The van der Waals surface area contributed by atoms with Crippen LogP contribution in [0.25, 0.3) is 0 Å². The summed E-state index contributed by atoms with van der Waals surface area (Å²) in [5.74, 6) is 0.632. The van der Waals surface area contributed by atoms with E-state index in [0.29, 0.717) is 31.3 Å². The molecule has 1 heterocycles. The molecule has 1 aliphatic heterocycles. The van der Waals surface area contributed by atoms with Gasteiger partial charge < -0.3 is 25.8 Å². The summed E-state index contributed by atoms with van der Waals surface area (Å²) in [5.41, 5.74) is 7.45. The second-order valence-electron chi connectivity index (χ2n) is 7.92. The molecular weight excluding hydrogens is 408 g/mol. The van der Waals surface area contributed by atoms with E-state index in [1.807, 2.05) is 24.3 Å². The number of amides is 3. The molecule has 0 saturated carbocycles. The quantitative estimate of drug-likeness (QED) is 0.526. The number of likely N-dealkylation sites (N-methyl/N-ethyl adjacent to an activating group) is 1. The zero-order valence-electron chi connectivity index (χ0n) is 18.5. The number of benzene rings is 2. The fraction of sp³-hybridized carbons (Fsp3) is 0.417. The van der Waals surface area contributed by atoms with Gasteiger partial charge >= 0.3 is 6.03 Å². The summed E-state index contributed by atoms with van der Waals surface area (Å²) in [6.45, 7) is 3.87. The molecular formula is C24H32N4O4. The summed E-state index contributed by atoms with van der Waals surface area (Å²) < 4.78 is 11.4. The number of primary amides is 1. The van der Waals surface area contributed by atoms with Crippen LogP contribution in [0.15, 0.2) is 48.5 Å². The molecule has 0 bridgehead atoms. The normalized spacial score (nSPS) is 14.2. The SMILES string of the molecule is CN(CCOc1cccc(CNC(=O)c2ccc(CNC(N)=O)cc2)c1)C1CCOCC1. The molecule has 3 amide bonds. The highest BCUT2D eigenvalue weighted by Gasteiger charge is 2.18. The first kappa shape index (κ1) is 23.6. The molecule has 8 nitrogen and oxygen atoms in total. The van der Waals surface area contributed by atoms with Crippen LogP contribution in [0.2, 0.25) is 0 Å². The van der Waals surface area contributed by atoms with Crippen LogP contribution in [0.5, 0.6) is 5.75 Å². The minimum absolute atomic E-state index is 0.163. The molecule has 0 atom stereocenters. The van der Waals surface area contributed by atoms with Gasteiger partial charge in [-0.25, -0.2) is 4.79 Å². The minimum atomic E-state index is -0.579. The Bertz CT molecular complexity index is 882. The summed E-state index contributed by atoms with van der Waals surface area (Å²) in [6.07, 6.45) is 2.14. The van der Waals surface area contributed by atoms with Crippen LogP contribution < -0.4 is 21.1 Å². The van der Waals surface area contributed by atoms with Crippen LogP contribution in [0.3, 0.4) is 0 Å². The number of urea groups is 1. The number of nitrogens with zero attached hydrogens (tertiary/aromatic N) is 1. The Morgan fingerprint density at radius 3 is 2.50 bits per heavy atom. The third kappa shape index (κ3) is 7.55. The molecule has 2 aromatic rings. The van der Waals surface area contributed by atoms with Gasteiger partial charge in [-0.1, -0.05) is 24.3 Å². The van der Waals surface area contributed by atoms with Crippen molar-refractivity contribution in [1.29, 1.82) is 0 Å². The summed E-state index contributed by atoms with van der Waals surface area (Å²) in [6, 6.07) is 14.8. The molecule has 0 aromatic heterocycles. The van der Waals surface area contributed by atoms with Crippen LogP contribution in [0.1, 0.15) is 34.3 Å². The standard InChI is InChI=1S/C24H32N4O4/c1-28(21-9-12-31-13-10-21)11-14-32-22-4-2-3-19(15-22)17-26-23(29)20-7-5-18(6-8-20)16-27-24(25)30/h2-8,15,21H,9-14,16-17H2,1H3,(H,26,29)(H3,25,27,30). The summed E-state index contributed by atoms with van der Waals surface area (Å²) in [7, 11) is 2.13. The maximum Gasteiger partial charge on any atom is 0.312 e. The Balaban J connectivity index is 1.43. The lowest BCUT2D eigenvalue weighted by atomic mass is 10.1. The number of nitrogens with one attached hydrogen (secondary N) is 2. The van der Waals surface area contributed by atoms with Crippen molar-refractivity contribution < 1.29 is 19.1 Å². The van der Waals surface area contributed by atoms with Crippen LogP contribution in [0.4, 0.5) is 4.79 Å². The second-order valence-corrected chi connectivity index (χ2v) is 7.92. The van der Waals surface area contributed by atoms with Gasteiger partial charge in [0.1, 0.15) is 12.4 Å². The van der Waals surface area contributed by atoms with Gasteiger partial charge in [0.25, 0.3) is 5.91 Å². The van der Waals surface area contributed by atoms with Gasteiger partial charge in [-0.05, 0) is 55.3 Å². The topological polar surface area (TPSA) is 106 Å². The third-order valence-electron chi connectivity index (χ3n) is 5.56. The smallest absolute Gasteiger partial charge is 0.312 e. The average molecular weight is 441 g/mol. The van der Waals surface area contributed by atoms with Crippen LogP contribution in [-0.4, -0.2) is 56.3 Å². The number of carbonyl (C=O) groups excluding carboxylic acids is 2. The van der Waals surface area contributed by atoms with E-state index in [0.717, 1.165) is 49.5 Å². The molecule has 0 unspecified atom stereocenters. The first-order valence-corrected chi connectivity index (χ1v) is 10.9.